The van der Waals surface area contributed by atoms with Gasteiger partial charge in [-0.15, -0.1) is 11.3 Å². The van der Waals surface area contributed by atoms with Gasteiger partial charge in [0.15, 0.2) is 5.13 Å². The van der Waals surface area contributed by atoms with Crippen LogP contribution in [0, 0.1) is 6.92 Å². The van der Waals surface area contributed by atoms with Crippen molar-refractivity contribution in [1.82, 2.24) is 9.97 Å². The molecule has 0 bridgehead atoms. The Morgan fingerprint density at radius 2 is 2.42 bits per heavy atom. The molecule has 2 aromatic rings. The van der Waals surface area contributed by atoms with Gasteiger partial charge in [0.25, 0.3) is 0 Å². The highest BCUT2D eigenvalue weighted by molar-refractivity contribution is 7.13. The highest BCUT2D eigenvalue weighted by Crippen LogP contribution is 2.20. The number of nitrogens with one attached hydrogen (secondary N) is 1. The molecule has 0 saturated heterocycles. The van der Waals surface area contributed by atoms with Crippen molar-refractivity contribution in [3.8, 4) is 0 Å². The molecule has 0 radical (unpaired) electrons. The fourth-order valence-electron chi connectivity index (χ4n) is 1.50. The van der Waals surface area contributed by atoms with E-state index in [1.807, 2.05) is 19.1 Å². The summed E-state index contributed by atoms with van der Waals surface area (Å²) < 4.78 is 0. The monoisotopic (exact) mass is 278 g/mol. The molecule has 19 heavy (non-hydrogen) atoms. The molecule has 0 amide bonds. The first kappa shape index (κ1) is 13.4. The van der Waals surface area contributed by atoms with E-state index in [9.17, 15) is 4.79 Å². The van der Waals surface area contributed by atoms with E-state index >= 15 is 0 Å². The van der Waals surface area contributed by atoms with E-state index in [1.165, 1.54) is 11.3 Å². The molecule has 0 fully saturated rings. The summed E-state index contributed by atoms with van der Waals surface area (Å²) in [7, 11) is 0. The summed E-state index contributed by atoms with van der Waals surface area (Å²) in [6, 6.07) is 2.78. The number of anilines is 1. The number of carboxylic acid groups (broad SMARTS) is 1. The van der Waals surface area contributed by atoms with E-state index < -0.39 is 12.0 Å². The average molecular weight is 278 g/mol. The number of aliphatic carboxylic acids is 1. The van der Waals surface area contributed by atoms with Gasteiger partial charge in [0, 0.05) is 11.6 Å². The third-order valence-corrected chi connectivity index (χ3v) is 3.45. The van der Waals surface area contributed by atoms with Gasteiger partial charge in [0.1, 0.15) is 6.04 Å². The highest BCUT2D eigenvalue weighted by Gasteiger charge is 2.17. The second kappa shape index (κ2) is 5.77. The predicted molar refractivity (Wildman–Crippen MR) is 73.0 cm³/mol. The Kier molecular flexibility index (Phi) is 4.08. The predicted octanol–water partition coefficient (Wildman–Crippen LogP) is 1.54. The van der Waals surface area contributed by atoms with Crippen molar-refractivity contribution in [3.63, 3.8) is 0 Å². The number of hydrogen-bond donors (Lipinski definition) is 3. The van der Waals surface area contributed by atoms with Crippen LogP contribution in [-0.2, 0) is 11.3 Å². The minimum absolute atomic E-state index is 0.359. The van der Waals surface area contributed by atoms with Gasteiger partial charge in [-0.3, -0.25) is 9.78 Å². The van der Waals surface area contributed by atoms with Gasteiger partial charge in [-0.1, -0.05) is 6.07 Å². The number of carboxylic acids is 1. The van der Waals surface area contributed by atoms with E-state index in [-0.39, 0.29) is 0 Å². The van der Waals surface area contributed by atoms with Crippen molar-refractivity contribution >= 4 is 22.4 Å². The van der Waals surface area contributed by atoms with Crippen molar-refractivity contribution in [2.75, 3.05) is 5.32 Å². The molecule has 4 N–H and O–H groups in total. The van der Waals surface area contributed by atoms with Crippen LogP contribution in [0.1, 0.15) is 23.0 Å². The largest absolute Gasteiger partial charge is 0.480 e. The van der Waals surface area contributed by atoms with Gasteiger partial charge in [-0.2, -0.15) is 0 Å². The van der Waals surface area contributed by atoms with Gasteiger partial charge in [-0.25, -0.2) is 4.98 Å². The van der Waals surface area contributed by atoms with E-state index in [1.54, 1.807) is 11.6 Å². The first-order chi connectivity index (χ1) is 9.08. The number of aryl methyl sites for hydroxylation is 1. The van der Waals surface area contributed by atoms with Gasteiger partial charge in [0.05, 0.1) is 17.9 Å². The summed E-state index contributed by atoms with van der Waals surface area (Å²) >= 11 is 1.33. The zero-order valence-electron chi connectivity index (χ0n) is 10.3. The van der Waals surface area contributed by atoms with Crippen LogP contribution in [0.25, 0.3) is 0 Å². The topological polar surface area (TPSA) is 101 Å². The van der Waals surface area contributed by atoms with Crippen molar-refractivity contribution < 1.29 is 9.90 Å². The molecular weight excluding hydrogens is 264 g/mol. The summed E-state index contributed by atoms with van der Waals surface area (Å²) in [6.45, 7) is 2.53. The van der Waals surface area contributed by atoms with Crippen LogP contribution in [-0.4, -0.2) is 21.0 Å². The number of rotatable bonds is 5. The molecular formula is C12H14N4O2S. The van der Waals surface area contributed by atoms with Gasteiger partial charge in [0.2, 0.25) is 0 Å². The average Bonchev–Trinajstić information content (AvgIpc) is 2.85. The maximum atomic E-state index is 10.7. The minimum Gasteiger partial charge on any atom is -0.480 e. The Morgan fingerprint density at radius 3 is 3.11 bits per heavy atom. The fourth-order valence-corrected chi connectivity index (χ4v) is 2.24. The second-order valence-electron chi connectivity index (χ2n) is 4.01. The zero-order valence-corrected chi connectivity index (χ0v) is 11.1. The van der Waals surface area contributed by atoms with Crippen LogP contribution in [0.15, 0.2) is 23.7 Å². The Morgan fingerprint density at radius 1 is 1.63 bits per heavy atom. The second-order valence-corrected chi connectivity index (χ2v) is 4.87. The number of nitrogens with two attached hydrogens (primary N) is 1. The number of carbonyl (C=O) groups is 1. The number of aromatic nitrogens is 2. The van der Waals surface area contributed by atoms with Crippen molar-refractivity contribution in [2.45, 2.75) is 19.5 Å². The van der Waals surface area contributed by atoms with Crippen LogP contribution in [0.4, 0.5) is 5.13 Å². The van der Waals surface area contributed by atoms with Crippen LogP contribution in [0.5, 0.6) is 0 Å². The third-order valence-electron chi connectivity index (χ3n) is 2.63. The molecule has 2 heterocycles. The lowest BCUT2D eigenvalue weighted by atomic mass is 10.2. The molecule has 1 atom stereocenters. The van der Waals surface area contributed by atoms with Crippen molar-refractivity contribution in [2.24, 2.45) is 5.73 Å². The minimum atomic E-state index is -1.09. The van der Waals surface area contributed by atoms with Crippen LogP contribution >= 0.6 is 11.3 Å². The number of thiazole rings is 1. The summed E-state index contributed by atoms with van der Waals surface area (Å²) in [5.74, 6) is -1.09. The molecule has 0 aromatic carbocycles. The van der Waals surface area contributed by atoms with E-state index in [0.29, 0.717) is 17.4 Å². The molecule has 0 aliphatic carbocycles. The Balaban J connectivity index is 2.01. The molecule has 2 aromatic heterocycles. The van der Waals surface area contributed by atoms with E-state index in [4.69, 9.17) is 10.8 Å². The molecule has 0 aliphatic rings. The Labute approximate surface area is 114 Å². The van der Waals surface area contributed by atoms with Crippen LogP contribution in [0.2, 0.25) is 0 Å². The van der Waals surface area contributed by atoms with Gasteiger partial charge >= 0.3 is 5.97 Å². The Hall–Kier alpha value is -1.99. The molecule has 0 spiro atoms. The number of nitrogens with zero attached hydrogens (tertiary/aromatic N) is 2. The number of pyridine rings is 1. The van der Waals surface area contributed by atoms with Crippen LogP contribution < -0.4 is 11.1 Å². The summed E-state index contributed by atoms with van der Waals surface area (Å²) in [5.41, 5.74) is 7.87. The molecule has 0 aliphatic heterocycles. The van der Waals surface area contributed by atoms with Crippen molar-refractivity contribution in [1.29, 1.82) is 0 Å². The lowest BCUT2D eigenvalue weighted by molar-refractivity contribution is -0.138. The van der Waals surface area contributed by atoms with Crippen molar-refractivity contribution in [3.05, 3.63) is 40.7 Å². The SMILES string of the molecule is Cc1cccnc1CNc1nc(C(N)C(=O)O)cs1. The highest BCUT2D eigenvalue weighted by atomic mass is 32.1. The lowest BCUT2D eigenvalue weighted by Gasteiger charge is -2.05. The van der Waals surface area contributed by atoms with Gasteiger partial charge in [-0.05, 0) is 18.6 Å². The summed E-state index contributed by atoms with van der Waals surface area (Å²) in [5, 5.41) is 14.2. The van der Waals surface area contributed by atoms with E-state index in [2.05, 4.69) is 15.3 Å². The lowest BCUT2D eigenvalue weighted by Crippen LogP contribution is -2.20. The first-order valence-electron chi connectivity index (χ1n) is 5.66. The first-order valence-corrected chi connectivity index (χ1v) is 6.54. The normalized spacial score (nSPS) is 12.1. The third kappa shape index (κ3) is 3.27. The smallest absolute Gasteiger partial charge is 0.326 e. The Bertz CT molecular complexity index is 585. The van der Waals surface area contributed by atoms with E-state index in [0.717, 1.165) is 11.3 Å². The summed E-state index contributed by atoms with van der Waals surface area (Å²) in [6.07, 6.45) is 1.73. The molecule has 6 nitrogen and oxygen atoms in total. The molecule has 2 rings (SSSR count). The van der Waals surface area contributed by atoms with Gasteiger partial charge < -0.3 is 16.2 Å². The maximum absolute atomic E-state index is 10.7. The standard InChI is InChI=1S/C12H14N4O2S/c1-7-3-2-4-14-8(7)5-15-12-16-9(6-19-12)10(13)11(17)18/h2-4,6,10H,5,13H2,1H3,(H,15,16)(H,17,18). The zero-order chi connectivity index (χ0) is 13.8. The molecule has 1 unspecified atom stereocenters. The summed E-state index contributed by atoms with van der Waals surface area (Å²) in [4.78, 5) is 19.2. The fraction of sp³-hybridized carbons (Fsp3) is 0.250. The quantitative estimate of drug-likeness (QED) is 0.767. The number of hydrogen-bond acceptors (Lipinski definition) is 6. The molecule has 0 saturated carbocycles. The maximum Gasteiger partial charge on any atom is 0.326 e. The van der Waals surface area contributed by atoms with Crippen LogP contribution in [0.3, 0.4) is 0 Å². The molecule has 100 valence electrons. The molecule has 7 heteroatoms.